The third-order valence-corrected chi connectivity index (χ3v) is 2.38. The van der Waals surface area contributed by atoms with Gasteiger partial charge in [0.2, 0.25) is 0 Å². The summed E-state index contributed by atoms with van der Waals surface area (Å²) in [6.45, 7) is 0. The molecule has 0 atom stereocenters. The zero-order valence-electron chi connectivity index (χ0n) is 6.28. The number of aromatic carboxylic acids is 1. The highest BCUT2D eigenvalue weighted by Gasteiger charge is 2.14. The largest absolute Gasteiger partial charge is 0.478 e. The van der Waals surface area contributed by atoms with Crippen LogP contribution in [0, 0.1) is 11.3 Å². The fourth-order valence-corrected chi connectivity index (χ4v) is 1.26. The van der Waals surface area contributed by atoms with Gasteiger partial charge in [-0.25, -0.2) is 4.79 Å². The van der Waals surface area contributed by atoms with Crippen molar-refractivity contribution in [2.24, 2.45) is 0 Å². The van der Waals surface area contributed by atoms with Crippen molar-refractivity contribution in [2.45, 2.75) is 4.90 Å². The summed E-state index contributed by atoms with van der Waals surface area (Å²) in [6.07, 6.45) is 0. The van der Waals surface area contributed by atoms with Gasteiger partial charge in [0.15, 0.2) is 0 Å². The summed E-state index contributed by atoms with van der Waals surface area (Å²) >= 11 is 9.59. The standard InChI is InChI=1S/C8H4ClNO2S/c9-6-2-1-4(8(11)12)5(3-10)7(6)13/h1-2,13H,(H,11,12). The second-order valence-corrected chi connectivity index (χ2v) is 3.09. The summed E-state index contributed by atoms with van der Waals surface area (Å²) in [5.41, 5.74) is -0.0970. The Balaban J connectivity index is 3.50. The molecule has 0 unspecified atom stereocenters. The highest BCUT2D eigenvalue weighted by atomic mass is 35.5. The molecule has 0 fully saturated rings. The Labute approximate surface area is 85.0 Å². The van der Waals surface area contributed by atoms with E-state index in [1.807, 2.05) is 0 Å². The topological polar surface area (TPSA) is 61.1 Å². The smallest absolute Gasteiger partial charge is 0.337 e. The van der Waals surface area contributed by atoms with E-state index >= 15 is 0 Å². The van der Waals surface area contributed by atoms with Crippen LogP contribution in [0.25, 0.3) is 0 Å². The van der Waals surface area contributed by atoms with Gasteiger partial charge in [-0.05, 0) is 12.1 Å². The molecule has 0 aromatic heterocycles. The Morgan fingerprint density at radius 1 is 1.62 bits per heavy atom. The number of halogens is 1. The van der Waals surface area contributed by atoms with E-state index in [0.29, 0.717) is 0 Å². The summed E-state index contributed by atoms with van der Waals surface area (Å²) < 4.78 is 0. The lowest BCUT2D eigenvalue weighted by molar-refractivity contribution is 0.0696. The van der Waals surface area contributed by atoms with E-state index in [2.05, 4.69) is 12.6 Å². The minimum Gasteiger partial charge on any atom is -0.478 e. The van der Waals surface area contributed by atoms with E-state index in [1.54, 1.807) is 6.07 Å². The first-order valence-electron chi connectivity index (χ1n) is 3.22. The Hall–Kier alpha value is -1.18. The molecule has 1 rings (SSSR count). The number of hydrogen-bond donors (Lipinski definition) is 2. The number of thiol groups is 1. The van der Waals surface area contributed by atoms with Gasteiger partial charge >= 0.3 is 5.97 Å². The van der Waals surface area contributed by atoms with Crippen molar-refractivity contribution in [3.63, 3.8) is 0 Å². The van der Waals surface area contributed by atoms with Crippen molar-refractivity contribution < 1.29 is 9.90 Å². The van der Waals surface area contributed by atoms with Crippen molar-refractivity contribution in [1.82, 2.24) is 0 Å². The third kappa shape index (κ3) is 1.77. The number of carbonyl (C=O) groups is 1. The van der Waals surface area contributed by atoms with E-state index in [0.717, 1.165) is 0 Å². The predicted molar refractivity (Wildman–Crippen MR) is 50.4 cm³/mol. The number of carboxylic acid groups (broad SMARTS) is 1. The van der Waals surface area contributed by atoms with E-state index in [9.17, 15) is 4.79 Å². The van der Waals surface area contributed by atoms with E-state index in [1.165, 1.54) is 12.1 Å². The molecule has 0 saturated heterocycles. The Morgan fingerprint density at radius 2 is 2.23 bits per heavy atom. The molecule has 0 aliphatic rings. The highest BCUT2D eigenvalue weighted by molar-refractivity contribution is 7.80. The van der Waals surface area contributed by atoms with Gasteiger partial charge in [-0.2, -0.15) is 5.26 Å². The minimum atomic E-state index is -1.16. The fourth-order valence-electron chi connectivity index (χ4n) is 0.857. The summed E-state index contributed by atoms with van der Waals surface area (Å²) in [5.74, 6) is -1.16. The van der Waals surface area contributed by atoms with Gasteiger partial charge in [0.25, 0.3) is 0 Å². The SMILES string of the molecule is N#Cc1c(C(=O)O)ccc(Cl)c1S. The van der Waals surface area contributed by atoms with Crippen molar-refractivity contribution in [1.29, 1.82) is 5.26 Å². The first-order chi connectivity index (χ1) is 6.07. The maximum atomic E-state index is 10.6. The molecule has 0 saturated carbocycles. The van der Waals surface area contributed by atoms with Gasteiger partial charge in [0.05, 0.1) is 16.1 Å². The van der Waals surface area contributed by atoms with E-state index in [-0.39, 0.29) is 21.0 Å². The second kappa shape index (κ2) is 3.69. The maximum absolute atomic E-state index is 10.6. The predicted octanol–water partition coefficient (Wildman–Crippen LogP) is 2.20. The first-order valence-corrected chi connectivity index (χ1v) is 4.05. The highest BCUT2D eigenvalue weighted by Crippen LogP contribution is 2.26. The van der Waals surface area contributed by atoms with Gasteiger partial charge in [-0.3, -0.25) is 0 Å². The zero-order chi connectivity index (χ0) is 10.0. The number of hydrogen-bond acceptors (Lipinski definition) is 3. The molecule has 13 heavy (non-hydrogen) atoms. The van der Waals surface area contributed by atoms with Gasteiger partial charge in [-0.15, -0.1) is 12.6 Å². The molecular weight excluding hydrogens is 210 g/mol. The molecular formula is C8H4ClNO2S. The lowest BCUT2D eigenvalue weighted by atomic mass is 10.1. The average Bonchev–Trinajstić information content (AvgIpc) is 2.09. The normalized spacial score (nSPS) is 9.31. The van der Waals surface area contributed by atoms with Crippen molar-refractivity contribution in [3.8, 4) is 6.07 Å². The van der Waals surface area contributed by atoms with Crippen LogP contribution in [-0.2, 0) is 0 Å². The van der Waals surface area contributed by atoms with Gasteiger partial charge in [-0.1, -0.05) is 11.6 Å². The Bertz CT molecular complexity index is 411. The quantitative estimate of drug-likeness (QED) is 0.703. The zero-order valence-corrected chi connectivity index (χ0v) is 7.93. The third-order valence-electron chi connectivity index (χ3n) is 1.47. The molecule has 1 aromatic rings. The van der Waals surface area contributed by atoms with Crippen molar-refractivity contribution >= 4 is 30.2 Å². The molecule has 1 aromatic carbocycles. The average molecular weight is 214 g/mol. The van der Waals surface area contributed by atoms with Gasteiger partial charge in [0, 0.05) is 4.90 Å². The Morgan fingerprint density at radius 3 is 2.69 bits per heavy atom. The lowest BCUT2D eigenvalue weighted by Crippen LogP contribution is -2.00. The van der Waals surface area contributed by atoms with Crippen LogP contribution >= 0.6 is 24.2 Å². The molecule has 66 valence electrons. The number of nitriles is 1. The molecule has 3 nitrogen and oxygen atoms in total. The van der Waals surface area contributed by atoms with Crippen molar-refractivity contribution in [2.75, 3.05) is 0 Å². The van der Waals surface area contributed by atoms with E-state index < -0.39 is 5.97 Å². The van der Waals surface area contributed by atoms with Crippen LogP contribution in [0.1, 0.15) is 15.9 Å². The summed E-state index contributed by atoms with van der Waals surface area (Å²) in [7, 11) is 0. The monoisotopic (exact) mass is 213 g/mol. The van der Waals surface area contributed by atoms with Gasteiger partial charge < -0.3 is 5.11 Å². The number of carboxylic acids is 1. The summed E-state index contributed by atoms with van der Waals surface area (Å²) in [5, 5.41) is 17.6. The van der Waals surface area contributed by atoms with Crippen LogP contribution in [-0.4, -0.2) is 11.1 Å². The molecule has 0 aliphatic carbocycles. The molecule has 0 aliphatic heterocycles. The van der Waals surface area contributed by atoms with Crippen LogP contribution in [0.3, 0.4) is 0 Å². The van der Waals surface area contributed by atoms with E-state index in [4.69, 9.17) is 22.0 Å². The van der Waals surface area contributed by atoms with Crippen LogP contribution in [0.2, 0.25) is 5.02 Å². The van der Waals surface area contributed by atoms with Crippen LogP contribution < -0.4 is 0 Å². The maximum Gasteiger partial charge on any atom is 0.337 e. The lowest BCUT2D eigenvalue weighted by Gasteiger charge is -2.02. The molecule has 0 radical (unpaired) electrons. The molecule has 0 amide bonds. The second-order valence-electron chi connectivity index (χ2n) is 2.24. The summed E-state index contributed by atoms with van der Waals surface area (Å²) in [6, 6.07) is 4.42. The molecule has 0 spiro atoms. The fraction of sp³-hybridized carbons (Fsp3) is 0. The number of nitrogens with zero attached hydrogens (tertiary/aromatic N) is 1. The van der Waals surface area contributed by atoms with Gasteiger partial charge in [0.1, 0.15) is 6.07 Å². The van der Waals surface area contributed by atoms with Crippen molar-refractivity contribution in [3.05, 3.63) is 28.3 Å². The molecule has 0 heterocycles. The van der Waals surface area contributed by atoms with Crippen LogP contribution in [0.4, 0.5) is 0 Å². The first kappa shape index (κ1) is 9.90. The van der Waals surface area contributed by atoms with Crippen LogP contribution in [0.5, 0.6) is 0 Å². The summed E-state index contributed by atoms with van der Waals surface area (Å²) in [4.78, 5) is 10.8. The molecule has 5 heteroatoms. The Kier molecular flexibility index (Phi) is 2.81. The molecule has 1 N–H and O–H groups in total. The minimum absolute atomic E-state index is 0.0108. The van der Waals surface area contributed by atoms with Crippen LogP contribution in [0.15, 0.2) is 17.0 Å². The number of benzene rings is 1. The number of rotatable bonds is 1. The molecule has 0 bridgehead atoms.